The van der Waals surface area contributed by atoms with Gasteiger partial charge < -0.3 is 10.2 Å². The molecule has 0 fully saturated rings. The van der Waals surface area contributed by atoms with Gasteiger partial charge >= 0.3 is 6.03 Å². The molecular formula is C23H27FN4O. The minimum atomic E-state index is -0.285. The van der Waals surface area contributed by atoms with E-state index < -0.39 is 0 Å². The van der Waals surface area contributed by atoms with Gasteiger partial charge in [0.1, 0.15) is 5.82 Å². The third-order valence-corrected chi connectivity index (χ3v) is 4.82. The van der Waals surface area contributed by atoms with E-state index in [9.17, 15) is 9.18 Å². The average molecular weight is 394 g/mol. The van der Waals surface area contributed by atoms with Crippen LogP contribution in [0.3, 0.4) is 0 Å². The van der Waals surface area contributed by atoms with Crippen LogP contribution in [0.1, 0.15) is 36.6 Å². The first-order valence-corrected chi connectivity index (χ1v) is 9.74. The molecule has 3 aromatic rings. The van der Waals surface area contributed by atoms with Gasteiger partial charge in [-0.25, -0.2) is 9.18 Å². The van der Waals surface area contributed by atoms with Crippen LogP contribution in [0, 0.1) is 11.7 Å². The molecule has 1 heterocycles. The number of halogens is 1. The van der Waals surface area contributed by atoms with Crippen LogP contribution in [0.5, 0.6) is 0 Å². The van der Waals surface area contributed by atoms with E-state index in [4.69, 9.17) is 0 Å². The number of urea groups is 1. The summed E-state index contributed by atoms with van der Waals surface area (Å²) in [6.07, 6.45) is 3.74. The van der Waals surface area contributed by atoms with Crippen molar-refractivity contribution < 1.29 is 9.18 Å². The second-order valence-corrected chi connectivity index (χ2v) is 7.61. The molecule has 0 saturated heterocycles. The van der Waals surface area contributed by atoms with Gasteiger partial charge in [-0.2, -0.15) is 5.10 Å². The third kappa shape index (κ3) is 5.67. The summed E-state index contributed by atoms with van der Waals surface area (Å²) >= 11 is 0. The number of benzene rings is 2. The number of aromatic nitrogens is 2. The molecule has 6 heteroatoms. The summed E-state index contributed by atoms with van der Waals surface area (Å²) in [6, 6.07) is 16.0. The predicted molar refractivity (Wildman–Crippen MR) is 112 cm³/mol. The zero-order valence-electron chi connectivity index (χ0n) is 17.0. The maximum atomic E-state index is 13.2. The SMILES string of the molecule is CC(C)[C@H](NC(=O)N(C)Cc1cnn(Cc2ccccc2)c1)c1ccc(F)cc1. The second-order valence-electron chi connectivity index (χ2n) is 7.61. The van der Waals surface area contributed by atoms with E-state index in [0.717, 1.165) is 11.1 Å². The summed E-state index contributed by atoms with van der Waals surface area (Å²) in [6.45, 7) is 5.20. The van der Waals surface area contributed by atoms with Crippen LogP contribution in [0.2, 0.25) is 0 Å². The Bertz CT molecular complexity index is 922. The molecule has 29 heavy (non-hydrogen) atoms. The molecule has 0 bridgehead atoms. The van der Waals surface area contributed by atoms with E-state index in [2.05, 4.69) is 22.5 Å². The van der Waals surface area contributed by atoms with Gasteiger partial charge in [0.2, 0.25) is 0 Å². The molecule has 1 aromatic heterocycles. The van der Waals surface area contributed by atoms with Gasteiger partial charge in [-0.1, -0.05) is 56.3 Å². The Morgan fingerprint density at radius 2 is 1.79 bits per heavy atom. The van der Waals surface area contributed by atoms with E-state index in [0.29, 0.717) is 13.1 Å². The molecule has 0 aliphatic heterocycles. The van der Waals surface area contributed by atoms with Crippen molar-refractivity contribution in [3.8, 4) is 0 Å². The van der Waals surface area contributed by atoms with Crippen molar-refractivity contribution in [3.05, 3.63) is 89.5 Å². The molecule has 0 radical (unpaired) electrons. The summed E-state index contributed by atoms with van der Waals surface area (Å²) in [7, 11) is 1.76. The Hall–Kier alpha value is -3.15. The van der Waals surface area contributed by atoms with Crippen molar-refractivity contribution in [2.75, 3.05) is 7.05 Å². The average Bonchev–Trinajstić information content (AvgIpc) is 3.14. The topological polar surface area (TPSA) is 50.2 Å². The highest BCUT2D eigenvalue weighted by molar-refractivity contribution is 5.74. The Balaban J connectivity index is 1.60. The number of nitrogens with zero attached hydrogens (tertiary/aromatic N) is 3. The van der Waals surface area contributed by atoms with Crippen molar-refractivity contribution in [2.45, 2.75) is 33.0 Å². The van der Waals surface area contributed by atoms with E-state index in [1.807, 2.05) is 42.9 Å². The van der Waals surface area contributed by atoms with Gasteiger partial charge in [0.25, 0.3) is 0 Å². The summed E-state index contributed by atoms with van der Waals surface area (Å²) in [5.74, 6) is -0.112. The molecule has 2 amide bonds. The van der Waals surface area contributed by atoms with Crippen molar-refractivity contribution >= 4 is 6.03 Å². The van der Waals surface area contributed by atoms with Crippen LogP contribution in [0.15, 0.2) is 67.0 Å². The van der Waals surface area contributed by atoms with Gasteiger partial charge in [-0.3, -0.25) is 4.68 Å². The van der Waals surface area contributed by atoms with Crippen LogP contribution in [0.25, 0.3) is 0 Å². The van der Waals surface area contributed by atoms with E-state index in [-0.39, 0.29) is 23.8 Å². The lowest BCUT2D eigenvalue weighted by Crippen LogP contribution is -2.40. The number of carbonyl (C=O) groups excluding carboxylic acids is 1. The molecule has 1 atom stereocenters. The molecular weight excluding hydrogens is 367 g/mol. The first kappa shape index (κ1) is 20.6. The van der Waals surface area contributed by atoms with E-state index >= 15 is 0 Å². The fraction of sp³-hybridized carbons (Fsp3) is 0.304. The maximum Gasteiger partial charge on any atom is 0.317 e. The summed E-state index contributed by atoms with van der Waals surface area (Å²) in [5, 5.41) is 7.45. The molecule has 3 rings (SSSR count). The Morgan fingerprint density at radius 3 is 2.45 bits per heavy atom. The largest absolute Gasteiger partial charge is 0.331 e. The minimum Gasteiger partial charge on any atom is -0.331 e. The number of carbonyl (C=O) groups is 1. The normalized spacial score (nSPS) is 12.0. The zero-order chi connectivity index (χ0) is 20.8. The Labute approximate surface area is 171 Å². The minimum absolute atomic E-state index is 0.173. The van der Waals surface area contributed by atoms with E-state index in [1.54, 1.807) is 30.3 Å². The van der Waals surface area contributed by atoms with Gasteiger partial charge in [-0.05, 0) is 29.2 Å². The van der Waals surface area contributed by atoms with Crippen LogP contribution in [0.4, 0.5) is 9.18 Å². The summed E-state index contributed by atoms with van der Waals surface area (Å²) in [5.41, 5.74) is 3.02. The smallest absolute Gasteiger partial charge is 0.317 e. The Kier molecular flexibility index (Phi) is 6.65. The van der Waals surface area contributed by atoms with Gasteiger partial charge in [-0.15, -0.1) is 0 Å². The number of amides is 2. The second kappa shape index (κ2) is 9.37. The summed E-state index contributed by atoms with van der Waals surface area (Å²) in [4.78, 5) is 14.3. The van der Waals surface area contributed by atoms with Crippen LogP contribution < -0.4 is 5.32 Å². The molecule has 152 valence electrons. The summed E-state index contributed by atoms with van der Waals surface area (Å²) < 4.78 is 15.1. The van der Waals surface area contributed by atoms with Crippen molar-refractivity contribution in [2.24, 2.45) is 5.92 Å². The lowest BCUT2D eigenvalue weighted by Gasteiger charge is -2.26. The Morgan fingerprint density at radius 1 is 1.10 bits per heavy atom. The quantitative estimate of drug-likeness (QED) is 0.636. The molecule has 0 aliphatic carbocycles. The molecule has 1 N–H and O–H groups in total. The number of nitrogens with one attached hydrogen (secondary N) is 1. The first-order chi connectivity index (χ1) is 13.9. The highest BCUT2D eigenvalue weighted by Crippen LogP contribution is 2.22. The lowest BCUT2D eigenvalue weighted by molar-refractivity contribution is 0.199. The number of rotatable bonds is 7. The van der Waals surface area contributed by atoms with E-state index in [1.165, 1.54) is 17.7 Å². The zero-order valence-corrected chi connectivity index (χ0v) is 17.0. The van der Waals surface area contributed by atoms with Crippen molar-refractivity contribution in [1.82, 2.24) is 20.0 Å². The number of hydrogen-bond donors (Lipinski definition) is 1. The predicted octanol–water partition coefficient (Wildman–Crippen LogP) is 4.61. The van der Waals surface area contributed by atoms with Gasteiger partial charge in [0.05, 0.1) is 25.3 Å². The highest BCUT2D eigenvalue weighted by Gasteiger charge is 2.20. The van der Waals surface area contributed by atoms with Crippen LogP contribution in [-0.2, 0) is 13.1 Å². The molecule has 5 nitrogen and oxygen atoms in total. The fourth-order valence-corrected chi connectivity index (χ4v) is 3.24. The lowest BCUT2D eigenvalue weighted by atomic mass is 9.96. The molecule has 0 unspecified atom stereocenters. The molecule has 0 spiro atoms. The van der Waals surface area contributed by atoms with Crippen molar-refractivity contribution in [1.29, 1.82) is 0 Å². The van der Waals surface area contributed by atoms with Crippen molar-refractivity contribution in [3.63, 3.8) is 0 Å². The number of hydrogen-bond acceptors (Lipinski definition) is 2. The first-order valence-electron chi connectivity index (χ1n) is 9.74. The molecule has 0 aliphatic rings. The van der Waals surface area contributed by atoms with Crippen LogP contribution in [-0.4, -0.2) is 27.8 Å². The molecule has 0 saturated carbocycles. The third-order valence-electron chi connectivity index (χ3n) is 4.82. The monoisotopic (exact) mass is 394 g/mol. The maximum absolute atomic E-state index is 13.2. The molecule has 2 aromatic carbocycles. The van der Waals surface area contributed by atoms with Gasteiger partial charge in [0, 0.05) is 18.8 Å². The standard InChI is InChI=1S/C23H27FN4O/c1-17(2)22(20-9-11-21(24)12-10-20)26-23(29)27(3)14-19-13-25-28(16-19)15-18-7-5-4-6-8-18/h4-13,16-17,22H,14-15H2,1-3H3,(H,26,29)/t22-/m0/s1. The van der Waals surface area contributed by atoms with Crippen LogP contribution >= 0.6 is 0 Å². The van der Waals surface area contributed by atoms with Gasteiger partial charge in [0.15, 0.2) is 0 Å². The fourth-order valence-electron chi connectivity index (χ4n) is 3.24. The highest BCUT2D eigenvalue weighted by atomic mass is 19.1.